The standard InChI is InChI=1S/C18H24N2O2/c1-19-16(21)13-5-4-12-11-15-18(22)7-3-6-17(18,14(12)10-13)8-9-20(15)2/h4-5,10,15,22H,3,6-9,11H2,1-2H3,(H,19,21). The summed E-state index contributed by atoms with van der Waals surface area (Å²) in [6, 6.07) is 6.28. The first-order valence-corrected chi connectivity index (χ1v) is 8.30. The molecule has 1 heterocycles. The lowest BCUT2D eigenvalue weighted by Gasteiger charge is -2.58. The number of rotatable bonds is 1. The van der Waals surface area contributed by atoms with Gasteiger partial charge in [0.05, 0.1) is 5.60 Å². The lowest BCUT2D eigenvalue weighted by Crippen LogP contribution is -2.68. The molecule has 0 radical (unpaired) electrons. The summed E-state index contributed by atoms with van der Waals surface area (Å²) in [7, 11) is 3.80. The summed E-state index contributed by atoms with van der Waals surface area (Å²) in [5.41, 5.74) is 2.48. The monoisotopic (exact) mass is 300 g/mol. The SMILES string of the molecule is CNC(=O)c1ccc2c(c1)C13CCCC1(O)C(C2)N(C)CC3. The number of carbonyl (C=O) groups is 1. The van der Waals surface area contributed by atoms with Crippen LogP contribution in [0.3, 0.4) is 0 Å². The van der Waals surface area contributed by atoms with E-state index in [4.69, 9.17) is 0 Å². The van der Waals surface area contributed by atoms with Crippen LogP contribution in [-0.2, 0) is 11.8 Å². The molecule has 1 saturated carbocycles. The van der Waals surface area contributed by atoms with Crippen LogP contribution in [0.5, 0.6) is 0 Å². The number of carbonyl (C=O) groups excluding carboxylic acids is 1. The van der Waals surface area contributed by atoms with Gasteiger partial charge in [0, 0.05) is 24.1 Å². The van der Waals surface area contributed by atoms with Gasteiger partial charge in [0.25, 0.3) is 5.91 Å². The van der Waals surface area contributed by atoms with Gasteiger partial charge in [-0.15, -0.1) is 0 Å². The Morgan fingerprint density at radius 1 is 1.36 bits per heavy atom. The normalized spacial score (nSPS) is 36.6. The molecule has 2 aliphatic carbocycles. The Morgan fingerprint density at radius 3 is 2.95 bits per heavy atom. The van der Waals surface area contributed by atoms with Gasteiger partial charge < -0.3 is 15.3 Å². The number of fused-ring (bicyclic) bond motifs is 1. The molecule has 3 atom stereocenters. The van der Waals surface area contributed by atoms with E-state index in [1.165, 1.54) is 11.1 Å². The maximum absolute atomic E-state index is 12.0. The predicted octanol–water partition coefficient (Wildman–Crippen LogP) is 1.46. The van der Waals surface area contributed by atoms with Crippen molar-refractivity contribution in [1.29, 1.82) is 0 Å². The number of benzene rings is 1. The molecule has 3 unspecified atom stereocenters. The lowest BCUT2D eigenvalue weighted by molar-refractivity contribution is -0.123. The molecule has 1 aliphatic heterocycles. The largest absolute Gasteiger partial charge is 0.387 e. The van der Waals surface area contributed by atoms with Crippen LogP contribution < -0.4 is 5.32 Å². The van der Waals surface area contributed by atoms with Crippen molar-refractivity contribution >= 4 is 5.91 Å². The summed E-state index contributed by atoms with van der Waals surface area (Å²) in [6.07, 6.45) is 4.87. The number of likely N-dealkylation sites (N-methyl/N-ethyl adjacent to an activating group) is 1. The molecular weight excluding hydrogens is 276 g/mol. The number of nitrogens with one attached hydrogen (secondary N) is 1. The van der Waals surface area contributed by atoms with Gasteiger partial charge in [0.1, 0.15) is 0 Å². The first-order valence-electron chi connectivity index (χ1n) is 8.30. The average Bonchev–Trinajstić information content (AvgIpc) is 2.89. The van der Waals surface area contributed by atoms with E-state index in [1.54, 1.807) is 7.05 Å². The van der Waals surface area contributed by atoms with Gasteiger partial charge in [-0.2, -0.15) is 0 Å². The third-order valence-corrected chi connectivity index (χ3v) is 6.49. The highest BCUT2D eigenvalue weighted by Gasteiger charge is 2.64. The number of nitrogens with zero attached hydrogens (tertiary/aromatic N) is 1. The molecule has 1 saturated heterocycles. The first-order chi connectivity index (χ1) is 10.5. The fourth-order valence-electron chi connectivity index (χ4n) is 5.35. The van der Waals surface area contributed by atoms with E-state index in [0.29, 0.717) is 5.56 Å². The molecule has 118 valence electrons. The number of likely N-dealkylation sites (tertiary alicyclic amines) is 1. The summed E-state index contributed by atoms with van der Waals surface area (Å²) in [6.45, 7) is 1.02. The predicted molar refractivity (Wildman–Crippen MR) is 85.1 cm³/mol. The van der Waals surface area contributed by atoms with E-state index in [1.807, 2.05) is 12.1 Å². The zero-order valence-corrected chi connectivity index (χ0v) is 13.4. The average molecular weight is 300 g/mol. The Balaban J connectivity index is 1.91. The second kappa shape index (κ2) is 4.56. The van der Waals surface area contributed by atoms with Crippen LogP contribution in [0, 0.1) is 0 Å². The van der Waals surface area contributed by atoms with Crippen LogP contribution in [0.4, 0.5) is 0 Å². The number of amides is 1. The Hall–Kier alpha value is -1.39. The van der Waals surface area contributed by atoms with Crippen LogP contribution in [0.15, 0.2) is 18.2 Å². The van der Waals surface area contributed by atoms with E-state index >= 15 is 0 Å². The van der Waals surface area contributed by atoms with Gasteiger partial charge >= 0.3 is 0 Å². The van der Waals surface area contributed by atoms with E-state index in [0.717, 1.165) is 38.6 Å². The summed E-state index contributed by atoms with van der Waals surface area (Å²) in [5, 5.41) is 14.3. The molecule has 1 aromatic rings. The third-order valence-electron chi connectivity index (χ3n) is 6.49. The molecular formula is C18H24N2O2. The molecule has 1 aromatic carbocycles. The second-order valence-corrected chi connectivity index (χ2v) is 7.26. The summed E-state index contributed by atoms with van der Waals surface area (Å²) in [5.74, 6) is -0.0456. The number of piperidine rings is 1. The zero-order valence-electron chi connectivity index (χ0n) is 13.4. The minimum Gasteiger partial charge on any atom is -0.387 e. The van der Waals surface area contributed by atoms with Crippen LogP contribution >= 0.6 is 0 Å². The molecule has 2 fully saturated rings. The third kappa shape index (κ3) is 1.57. The van der Waals surface area contributed by atoms with Crippen molar-refractivity contribution in [3.8, 4) is 0 Å². The maximum Gasteiger partial charge on any atom is 0.251 e. The molecule has 2 bridgehead atoms. The van der Waals surface area contributed by atoms with Crippen molar-refractivity contribution in [3.05, 3.63) is 34.9 Å². The van der Waals surface area contributed by atoms with Gasteiger partial charge in [-0.25, -0.2) is 0 Å². The Bertz CT molecular complexity index is 644. The zero-order chi connectivity index (χ0) is 15.5. The van der Waals surface area contributed by atoms with Gasteiger partial charge in [-0.1, -0.05) is 6.07 Å². The highest BCUT2D eigenvalue weighted by Crippen LogP contribution is 2.59. The fourth-order valence-corrected chi connectivity index (χ4v) is 5.35. The summed E-state index contributed by atoms with van der Waals surface area (Å²) < 4.78 is 0. The molecule has 1 amide bonds. The Kier molecular flexibility index (Phi) is 2.94. The van der Waals surface area contributed by atoms with Crippen LogP contribution in [-0.4, -0.2) is 48.2 Å². The van der Waals surface area contributed by atoms with Crippen molar-refractivity contribution in [1.82, 2.24) is 10.2 Å². The second-order valence-electron chi connectivity index (χ2n) is 7.26. The van der Waals surface area contributed by atoms with Crippen molar-refractivity contribution in [3.63, 3.8) is 0 Å². The van der Waals surface area contributed by atoms with Crippen molar-refractivity contribution in [2.45, 2.75) is 49.2 Å². The minimum absolute atomic E-state index is 0.0456. The van der Waals surface area contributed by atoms with E-state index in [-0.39, 0.29) is 17.4 Å². The highest BCUT2D eigenvalue weighted by atomic mass is 16.3. The van der Waals surface area contributed by atoms with Crippen molar-refractivity contribution in [2.24, 2.45) is 0 Å². The smallest absolute Gasteiger partial charge is 0.251 e. The number of hydrogen-bond donors (Lipinski definition) is 2. The molecule has 4 rings (SSSR count). The van der Waals surface area contributed by atoms with Crippen LogP contribution in [0.2, 0.25) is 0 Å². The minimum atomic E-state index is -0.631. The molecule has 22 heavy (non-hydrogen) atoms. The van der Waals surface area contributed by atoms with E-state index < -0.39 is 5.60 Å². The molecule has 0 spiro atoms. The van der Waals surface area contributed by atoms with Gasteiger partial charge in [0.15, 0.2) is 0 Å². The van der Waals surface area contributed by atoms with Crippen molar-refractivity contribution < 1.29 is 9.90 Å². The first kappa shape index (κ1) is 14.2. The molecule has 2 N–H and O–H groups in total. The molecule has 4 nitrogen and oxygen atoms in total. The van der Waals surface area contributed by atoms with Crippen LogP contribution in [0.1, 0.15) is 47.2 Å². The van der Waals surface area contributed by atoms with Crippen LogP contribution in [0.25, 0.3) is 0 Å². The lowest BCUT2D eigenvalue weighted by atomic mass is 9.56. The van der Waals surface area contributed by atoms with Crippen molar-refractivity contribution in [2.75, 3.05) is 20.6 Å². The molecule has 0 aromatic heterocycles. The number of aliphatic hydroxyl groups is 1. The number of hydrogen-bond acceptors (Lipinski definition) is 3. The molecule has 4 heteroatoms. The summed E-state index contributed by atoms with van der Waals surface area (Å²) >= 11 is 0. The topological polar surface area (TPSA) is 52.6 Å². The summed E-state index contributed by atoms with van der Waals surface area (Å²) in [4.78, 5) is 14.3. The fraction of sp³-hybridized carbons (Fsp3) is 0.611. The van der Waals surface area contributed by atoms with E-state index in [9.17, 15) is 9.90 Å². The van der Waals surface area contributed by atoms with Gasteiger partial charge in [-0.3, -0.25) is 4.79 Å². The highest BCUT2D eigenvalue weighted by molar-refractivity contribution is 5.94. The van der Waals surface area contributed by atoms with Gasteiger partial charge in [0.2, 0.25) is 0 Å². The maximum atomic E-state index is 12.0. The Morgan fingerprint density at radius 2 is 2.18 bits per heavy atom. The van der Waals surface area contributed by atoms with Gasteiger partial charge in [-0.05, 0) is 69.0 Å². The Labute approximate surface area is 131 Å². The van der Waals surface area contributed by atoms with E-state index in [2.05, 4.69) is 23.3 Å². The molecule has 3 aliphatic rings. The quantitative estimate of drug-likeness (QED) is 0.825.